The molecule has 2 unspecified atom stereocenters. The van der Waals surface area contributed by atoms with E-state index in [9.17, 15) is 9.18 Å². The van der Waals surface area contributed by atoms with Gasteiger partial charge in [0, 0.05) is 23.3 Å². The molecule has 1 N–H and O–H groups in total. The average molecular weight is 387 g/mol. The summed E-state index contributed by atoms with van der Waals surface area (Å²) in [6.07, 6.45) is 5.24. The first-order valence-electron chi connectivity index (χ1n) is 10.2. The number of carbonyl (C=O) groups excluding carboxylic acids is 1. The molecular formula is C22H31FN4O. The summed E-state index contributed by atoms with van der Waals surface area (Å²) in [5.74, 6) is -0.00669. The van der Waals surface area contributed by atoms with Crippen molar-refractivity contribution in [1.82, 2.24) is 20.0 Å². The van der Waals surface area contributed by atoms with Crippen LogP contribution in [0.5, 0.6) is 0 Å². The molecule has 2 aromatic rings. The van der Waals surface area contributed by atoms with Gasteiger partial charge < -0.3 is 4.90 Å². The van der Waals surface area contributed by atoms with E-state index in [1.807, 2.05) is 13.1 Å². The molecular weight excluding hydrogens is 355 g/mol. The Kier molecular flexibility index (Phi) is 6.83. The van der Waals surface area contributed by atoms with Gasteiger partial charge in [-0.2, -0.15) is 5.10 Å². The lowest BCUT2D eigenvalue weighted by atomic mass is 9.97. The smallest absolute Gasteiger partial charge is 0.237 e. The fourth-order valence-corrected chi connectivity index (χ4v) is 4.10. The third kappa shape index (κ3) is 5.19. The number of hydrogen-bond acceptors (Lipinski definition) is 3. The summed E-state index contributed by atoms with van der Waals surface area (Å²) in [7, 11) is 2.01. The van der Waals surface area contributed by atoms with Crippen LogP contribution in [0.15, 0.2) is 30.3 Å². The van der Waals surface area contributed by atoms with E-state index in [1.54, 1.807) is 12.1 Å². The number of benzene rings is 1. The van der Waals surface area contributed by atoms with Crippen LogP contribution < -0.4 is 0 Å². The van der Waals surface area contributed by atoms with Gasteiger partial charge >= 0.3 is 0 Å². The normalized spacial score (nSPS) is 20.0. The number of carbonyl (C=O) groups is 1. The molecule has 0 aliphatic carbocycles. The second-order valence-electron chi connectivity index (χ2n) is 8.06. The van der Waals surface area contributed by atoms with Crippen LogP contribution in [0.4, 0.5) is 4.39 Å². The van der Waals surface area contributed by atoms with Crippen LogP contribution in [0.25, 0.3) is 11.3 Å². The van der Waals surface area contributed by atoms with Crippen LogP contribution in [0, 0.1) is 5.82 Å². The largest absolute Gasteiger partial charge is 0.336 e. The second-order valence-corrected chi connectivity index (χ2v) is 8.06. The van der Waals surface area contributed by atoms with Crippen LogP contribution in [0.2, 0.25) is 0 Å². The van der Waals surface area contributed by atoms with Crippen LogP contribution in [0.1, 0.15) is 45.2 Å². The number of nitrogens with zero attached hydrogens (tertiary/aromatic N) is 3. The number of aromatic amines is 1. The van der Waals surface area contributed by atoms with Gasteiger partial charge in [0.15, 0.2) is 0 Å². The number of likely N-dealkylation sites (tertiary alicyclic amines) is 1. The van der Waals surface area contributed by atoms with Gasteiger partial charge in [0.1, 0.15) is 5.82 Å². The molecule has 1 fully saturated rings. The number of hydrogen-bond donors (Lipinski definition) is 1. The highest BCUT2D eigenvalue weighted by Crippen LogP contribution is 2.23. The number of aromatic nitrogens is 2. The maximum absolute atomic E-state index is 13.0. The van der Waals surface area contributed by atoms with Crippen molar-refractivity contribution in [2.75, 3.05) is 20.1 Å². The van der Waals surface area contributed by atoms with Crippen molar-refractivity contribution in [3.05, 3.63) is 41.8 Å². The number of H-pyrrole nitrogens is 1. The van der Waals surface area contributed by atoms with Crippen molar-refractivity contribution in [3.63, 3.8) is 0 Å². The second kappa shape index (κ2) is 9.32. The number of piperidine rings is 1. The quantitative estimate of drug-likeness (QED) is 0.786. The first-order valence-corrected chi connectivity index (χ1v) is 10.2. The Morgan fingerprint density at radius 1 is 1.25 bits per heavy atom. The fraction of sp³-hybridized carbons (Fsp3) is 0.545. The summed E-state index contributed by atoms with van der Waals surface area (Å²) in [6, 6.07) is 9.06. The van der Waals surface area contributed by atoms with E-state index in [-0.39, 0.29) is 11.7 Å². The number of amides is 1. The zero-order valence-electron chi connectivity index (χ0n) is 17.1. The Balaban J connectivity index is 1.44. The molecule has 0 spiro atoms. The molecule has 1 aliphatic rings. The fourth-order valence-electron chi connectivity index (χ4n) is 4.10. The van der Waals surface area contributed by atoms with Crippen molar-refractivity contribution in [3.8, 4) is 11.3 Å². The lowest BCUT2D eigenvalue weighted by Gasteiger charge is -2.39. The van der Waals surface area contributed by atoms with Crippen molar-refractivity contribution in [1.29, 1.82) is 0 Å². The van der Waals surface area contributed by atoms with Crippen molar-refractivity contribution >= 4 is 5.91 Å². The van der Waals surface area contributed by atoms with Crippen molar-refractivity contribution in [2.24, 2.45) is 0 Å². The van der Waals surface area contributed by atoms with Crippen LogP contribution in [-0.4, -0.2) is 58.1 Å². The van der Waals surface area contributed by atoms with Crippen LogP contribution in [-0.2, 0) is 11.2 Å². The number of aryl methyl sites for hydroxylation is 1. The molecule has 2 atom stereocenters. The molecule has 1 amide bonds. The topological polar surface area (TPSA) is 52.2 Å². The minimum atomic E-state index is -0.245. The van der Waals surface area contributed by atoms with Crippen molar-refractivity contribution in [2.45, 2.75) is 58.0 Å². The zero-order valence-corrected chi connectivity index (χ0v) is 17.1. The Hall–Kier alpha value is -2.21. The molecule has 1 aromatic carbocycles. The first kappa shape index (κ1) is 20.5. The Labute approximate surface area is 166 Å². The Morgan fingerprint density at radius 2 is 1.93 bits per heavy atom. The summed E-state index contributed by atoms with van der Waals surface area (Å²) in [6.45, 7) is 5.64. The van der Waals surface area contributed by atoms with Crippen LogP contribution in [0.3, 0.4) is 0 Å². The zero-order chi connectivity index (χ0) is 20.1. The highest BCUT2D eigenvalue weighted by molar-refractivity contribution is 5.79. The molecule has 6 heteroatoms. The molecule has 5 nitrogen and oxygen atoms in total. The van der Waals surface area contributed by atoms with E-state index in [0.717, 1.165) is 49.2 Å². The molecule has 28 heavy (non-hydrogen) atoms. The van der Waals surface area contributed by atoms with E-state index in [4.69, 9.17) is 0 Å². The Bertz CT molecular complexity index is 763. The molecule has 2 heterocycles. The molecule has 3 rings (SSSR count). The van der Waals surface area contributed by atoms with Gasteiger partial charge in [0.2, 0.25) is 5.91 Å². The summed E-state index contributed by atoms with van der Waals surface area (Å²) >= 11 is 0. The van der Waals surface area contributed by atoms with Gasteiger partial charge in [0.25, 0.3) is 0 Å². The molecule has 0 bridgehead atoms. The molecule has 0 radical (unpaired) electrons. The van der Waals surface area contributed by atoms with E-state index >= 15 is 0 Å². The van der Waals surface area contributed by atoms with Gasteiger partial charge in [-0.05, 0) is 89.9 Å². The molecule has 152 valence electrons. The lowest BCUT2D eigenvalue weighted by molar-refractivity contribution is -0.138. The standard InChI is InChI=1S/C22H31FN4O/c1-16-6-4-7-17(2)27(16)22(28)15-26(3)13-5-8-20-14-21(25-24-20)18-9-11-19(23)12-10-18/h9-12,14,16-17H,4-8,13,15H2,1-3H3,(H,24,25). The highest BCUT2D eigenvalue weighted by atomic mass is 19.1. The van der Waals surface area contributed by atoms with E-state index in [2.05, 4.69) is 33.8 Å². The molecule has 1 saturated heterocycles. The van der Waals surface area contributed by atoms with Gasteiger partial charge in [0.05, 0.1) is 12.2 Å². The third-order valence-electron chi connectivity index (χ3n) is 5.64. The SMILES string of the molecule is CC1CCCC(C)N1C(=O)CN(C)CCCc1cc(-c2ccc(F)cc2)n[nH]1. The third-order valence-corrected chi connectivity index (χ3v) is 5.64. The minimum Gasteiger partial charge on any atom is -0.336 e. The maximum atomic E-state index is 13.0. The van der Waals surface area contributed by atoms with Gasteiger partial charge in [-0.3, -0.25) is 14.8 Å². The number of rotatable bonds is 7. The van der Waals surface area contributed by atoms with Crippen molar-refractivity contribution < 1.29 is 9.18 Å². The van der Waals surface area contributed by atoms with E-state index in [1.165, 1.54) is 18.6 Å². The summed E-state index contributed by atoms with van der Waals surface area (Å²) < 4.78 is 13.0. The first-order chi connectivity index (χ1) is 13.4. The summed E-state index contributed by atoms with van der Waals surface area (Å²) in [4.78, 5) is 16.9. The average Bonchev–Trinajstić information content (AvgIpc) is 3.11. The molecule has 1 aromatic heterocycles. The molecule has 0 saturated carbocycles. The lowest BCUT2D eigenvalue weighted by Crippen LogP contribution is -2.50. The van der Waals surface area contributed by atoms with Gasteiger partial charge in [-0.25, -0.2) is 4.39 Å². The van der Waals surface area contributed by atoms with Gasteiger partial charge in [-0.1, -0.05) is 0 Å². The summed E-state index contributed by atoms with van der Waals surface area (Å²) in [5, 5.41) is 7.38. The van der Waals surface area contributed by atoms with Gasteiger partial charge in [-0.15, -0.1) is 0 Å². The Morgan fingerprint density at radius 3 is 2.61 bits per heavy atom. The predicted octanol–water partition coefficient (Wildman–Crippen LogP) is 3.87. The monoisotopic (exact) mass is 386 g/mol. The number of likely N-dealkylation sites (N-methyl/N-ethyl adjacent to an activating group) is 1. The van der Waals surface area contributed by atoms with E-state index < -0.39 is 0 Å². The number of halogens is 1. The number of nitrogens with one attached hydrogen (secondary N) is 1. The van der Waals surface area contributed by atoms with Crippen LogP contribution >= 0.6 is 0 Å². The predicted molar refractivity (Wildman–Crippen MR) is 109 cm³/mol. The van der Waals surface area contributed by atoms with E-state index in [0.29, 0.717) is 18.6 Å². The highest BCUT2D eigenvalue weighted by Gasteiger charge is 2.29. The molecule has 1 aliphatic heterocycles. The minimum absolute atomic E-state index is 0.238. The summed E-state index contributed by atoms with van der Waals surface area (Å²) in [5.41, 5.74) is 2.78. The maximum Gasteiger partial charge on any atom is 0.237 e.